The summed E-state index contributed by atoms with van der Waals surface area (Å²) in [6, 6.07) is 7.59. The molecule has 0 aliphatic carbocycles. The largest absolute Gasteiger partial charge is 0.493 e. The second-order valence-electron chi connectivity index (χ2n) is 4.65. The summed E-state index contributed by atoms with van der Waals surface area (Å²) in [5.41, 5.74) is 1.08. The van der Waals surface area contributed by atoms with Crippen LogP contribution in [0, 0.1) is 5.41 Å². The average Bonchev–Trinajstić information content (AvgIpc) is 2.32. The zero-order valence-electron chi connectivity index (χ0n) is 9.81. The predicted octanol–water partition coefficient (Wildman–Crippen LogP) is 1.94. The maximum absolute atomic E-state index is 10.0. The number of nitrogens with zero attached hydrogens (tertiary/aromatic N) is 1. The minimum absolute atomic E-state index is 0.136. The van der Waals surface area contributed by atoms with Crippen LogP contribution in [0.2, 0.25) is 0 Å². The highest BCUT2D eigenvalue weighted by Gasteiger charge is 2.34. The normalized spacial score (nSPS) is 16.8. The van der Waals surface area contributed by atoms with E-state index in [1.165, 1.54) is 6.08 Å². The summed E-state index contributed by atoms with van der Waals surface area (Å²) >= 11 is 0. The second kappa shape index (κ2) is 5.13. The predicted molar refractivity (Wildman–Crippen MR) is 62.7 cm³/mol. The molecule has 0 unspecified atom stereocenters. The summed E-state index contributed by atoms with van der Waals surface area (Å²) in [6.45, 7) is 4.63. The molecule has 4 heteroatoms. The molecule has 1 saturated heterocycles. The van der Waals surface area contributed by atoms with Gasteiger partial charge in [0.1, 0.15) is 5.75 Å². The third kappa shape index (κ3) is 3.16. The molecule has 1 heterocycles. The van der Waals surface area contributed by atoms with Crippen LogP contribution in [0.5, 0.6) is 5.75 Å². The maximum atomic E-state index is 10.0. The van der Waals surface area contributed by atoms with E-state index in [4.69, 9.17) is 9.47 Å². The van der Waals surface area contributed by atoms with Crippen molar-refractivity contribution in [1.29, 1.82) is 0 Å². The SMILES string of the molecule is CC1(COc2cccc(CN=C=O)c2)COC1. The third-order valence-electron chi connectivity index (χ3n) is 2.71. The lowest BCUT2D eigenvalue weighted by molar-refractivity contribution is -0.120. The number of hydrogen-bond donors (Lipinski definition) is 0. The van der Waals surface area contributed by atoms with Gasteiger partial charge in [-0.2, -0.15) is 0 Å². The fourth-order valence-electron chi connectivity index (χ4n) is 1.65. The van der Waals surface area contributed by atoms with Gasteiger partial charge in [-0.25, -0.2) is 9.79 Å². The summed E-state index contributed by atoms with van der Waals surface area (Å²) in [6.07, 6.45) is 1.53. The van der Waals surface area contributed by atoms with Gasteiger partial charge in [-0.15, -0.1) is 0 Å². The van der Waals surface area contributed by atoms with Crippen molar-refractivity contribution in [2.24, 2.45) is 10.4 Å². The van der Waals surface area contributed by atoms with Crippen LogP contribution in [0.15, 0.2) is 29.3 Å². The van der Waals surface area contributed by atoms with Crippen LogP contribution in [-0.2, 0) is 16.1 Å². The van der Waals surface area contributed by atoms with Crippen molar-refractivity contribution in [3.8, 4) is 5.75 Å². The quantitative estimate of drug-likeness (QED) is 0.576. The summed E-state index contributed by atoms with van der Waals surface area (Å²) in [7, 11) is 0. The molecule has 0 amide bonds. The molecule has 1 aromatic rings. The number of rotatable bonds is 5. The van der Waals surface area contributed by atoms with E-state index in [0.29, 0.717) is 13.2 Å². The van der Waals surface area contributed by atoms with Crippen molar-refractivity contribution in [3.63, 3.8) is 0 Å². The number of carbonyl (C=O) groups excluding carboxylic acids is 1. The Morgan fingerprint density at radius 1 is 1.53 bits per heavy atom. The highest BCUT2D eigenvalue weighted by atomic mass is 16.5. The van der Waals surface area contributed by atoms with Gasteiger partial charge in [0.15, 0.2) is 0 Å². The minimum atomic E-state index is 0.136. The number of hydrogen-bond acceptors (Lipinski definition) is 4. The fraction of sp³-hybridized carbons (Fsp3) is 0.462. The molecule has 0 spiro atoms. The van der Waals surface area contributed by atoms with Crippen molar-refractivity contribution in [3.05, 3.63) is 29.8 Å². The van der Waals surface area contributed by atoms with Gasteiger partial charge in [0.05, 0.1) is 26.4 Å². The topological polar surface area (TPSA) is 47.9 Å². The molecule has 1 fully saturated rings. The Kier molecular flexibility index (Phi) is 3.57. The summed E-state index contributed by atoms with van der Waals surface area (Å²) in [5, 5.41) is 0. The molecular formula is C13H15NO3. The molecule has 17 heavy (non-hydrogen) atoms. The average molecular weight is 233 g/mol. The first-order valence-corrected chi connectivity index (χ1v) is 5.55. The Morgan fingerprint density at radius 2 is 2.35 bits per heavy atom. The van der Waals surface area contributed by atoms with Crippen molar-refractivity contribution < 1.29 is 14.3 Å². The molecule has 0 saturated carbocycles. The lowest BCUT2D eigenvalue weighted by atomic mass is 9.90. The summed E-state index contributed by atoms with van der Waals surface area (Å²) in [5.74, 6) is 0.803. The summed E-state index contributed by atoms with van der Waals surface area (Å²) < 4.78 is 10.9. The maximum Gasteiger partial charge on any atom is 0.235 e. The molecule has 0 bridgehead atoms. The van der Waals surface area contributed by atoms with Gasteiger partial charge in [-0.05, 0) is 17.7 Å². The van der Waals surface area contributed by atoms with Gasteiger partial charge < -0.3 is 9.47 Å². The molecule has 4 nitrogen and oxygen atoms in total. The molecule has 0 N–H and O–H groups in total. The number of aliphatic imine (C=N–C) groups is 1. The van der Waals surface area contributed by atoms with Crippen LogP contribution in [0.3, 0.4) is 0 Å². The smallest absolute Gasteiger partial charge is 0.235 e. The van der Waals surface area contributed by atoms with E-state index in [1.54, 1.807) is 0 Å². The van der Waals surface area contributed by atoms with Crippen LogP contribution in [-0.4, -0.2) is 25.9 Å². The van der Waals surface area contributed by atoms with Crippen LogP contribution < -0.4 is 4.74 Å². The Balaban J connectivity index is 1.93. The lowest BCUT2D eigenvalue weighted by Crippen LogP contribution is -2.44. The molecular weight excluding hydrogens is 218 g/mol. The van der Waals surface area contributed by atoms with Gasteiger partial charge in [-0.3, -0.25) is 0 Å². The van der Waals surface area contributed by atoms with Crippen LogP contribution in [0.1, 0.15) is 12.5 Å². The Morgan fingerprint density at radius 3 is 3.00 bits per heavy atom. The number of ether oxygens (including phenoxy) is 2. The first-order chi connectivity index (χ1) is 8.22. The zero-order chi connectivity index (χ0) is 12.1. The molecule has 1 aromatic carbocycles. The first-order valence-electron chi connectivity index (χ1n) is 5.55. The third-order valence-corrected chi connectivity index (χ3v) is 2.71. The first kappa shape index (κ1) is 11.8. The van der Waals surface area contributed by atoms with Crippen molar-refractivity contribution >= 4 is 6.08 Å². The van der Waals surface area contributed by atoms with E-state index in [1.807, 2.05) is 24.3 Å². The van der Waals surface area contributed by atoms with Crippen molar-refractivity contribution in [2.75, 3.05) is 19.8 Å². The number of isocyanates is 1. The fourth-order valence-corrected chi connectivity index (χ4v) is 1.65. The standard InChI is InChI=1S/C13H15NO3/c1-13(7-16-8-13)9-17-12-4-2-3-11(5-12)6-14-10-15/h2-5H,6-9H2,1H3. The molecule has 0 atom stereocenters. The monoisotopic (exact) mass is 233 g/mol. The Hall–Kier alpha value is -1.64. The van der Waals surface area contributed by atoms with E-state index in [0.717, 1.165) is 24.5 Å². The number of benzene rings is 1. The van der Waals surface area contributed by atoms with E-state index < -0.39 is 0 Å². The summed E-state index contributed by atoms with van der Waals surface area (Å²) in [4.78, 5) is 13.6. The van der Waals surface area contributed by atoms with Crippen LogP contribution in [0.25, 0.3) is 0 Å². The van der Waals surface area contributed by atoms with Gasteiger partial charge in [0, 0.05) is 5.41 Å². The van der Waals surface area contributed by atoms with Crippen LogP contribution in [0.4, 0.5) is 0 Å². The van der Waals surface area contributed by atoms with E-state index in [-0.39, 0.29) is 5.41 Å². The van der Waals surface area contributed by atoms with E-state index in [9.17, 15) is 4.79 Å². The van der Waals surface area contributed by atoms with Gasteiger partial charge in [-0.1, -0.05) is 19.1 Å². The van der Waals surface area contributed by atoms with Crippen molar-refractivity contribution in [2.45, 2.75) is 13.5 Å². The molecule has 0 aromatic heterocycles. The highest BCUT2D eigenvalue weighted by molar-refractivity contribution is 5.35. The molecule has 2 rings (SSSR count). The second-order valence-corrected chi connectivity index (χ2v) is 4.65. The lowest BCUT2D eigenvalue weighted by Gasteiger charge is -2.37. The van der Waals surface area contributed by atoms with Crippen LogP contribution >= 0.6 is 0 Å². The van der Waals surface area contributed by atoms with Gasteiger partial charge >= 0.3 is 0 Å². The van der Waals surface area contributed by atoms with E-state index >= 15 is 0 Å². The molecule has 1 aliphatic rings. The Bertz CT molecular complexity index is 434. The Labute approximate surface area is 100 Å². The van der Waals surface area contributed by atoms with Gasteiger partial charge in [0.25, 0.3) is 0 Å². The molecule has 1 aliphatic heterocycles. The van der Waals surface area contributed by atoms with Gasteiger partial charge in [0.2, 0.25) is 6.08 Å². The molecule has 90 valence electrons. The molecule has 0 radical (unpaired) electrons. The van der Waals surface area contributed by atoms with Crippen molar-refractivity contribution in [1.82, 2.24) is 0 Å². The van der Waals surface area contributed by atoms with E-state index in [2.05, 4.69) is 11.9 Å². The highest BCUT2D eigenvalue weighted by Crippen LogP contribution is 2.27. The minimum Gasteiger partial charge on any atom is -0.493 e. The zero-order valence-corrected chi connectivity index (χ0v) is 9.81.